The van der Waals surface area contributed by atoms with Crippen LogP contribution in [-0.4, -0.2) is 32.2 Å². The van der Waals surface area contributed by atoms with E-state index in [1.54, 1.807) is 23.1 Å². The molecule has 1 N–H and O–H groups in total. The molecular weight excluding hydrogens is 234 g/mol. The van der Waals surface area contributed by atoms with Crippen molar-refractivity contribution in [3.63, 3.8) is 0 Å². The lowest BCUT2D eigenvalue weighted by molar-refractivity contribution is 0.0924. The average molecular weight is 245 g/mol. The van der Waals surface area contributed by atoms with Gasteiger partial charge in [-0.2, -0.15) is 5.10 Å². The molecule has 18 heavy (non-hydrogen) atoms. The van der Waals surface area contributed by atoms with Crippen molar-refractivity contribution in [3.8, 4) is 5.88 Å². The third-order valence-corrected chi connectivity index (χ3v) is 2.58. The molecule has 1 amide bonds. The number of fused-ring (bicyclic) bond motifs is 1. The Kier molecular flexibility index (Phi) is 2.64. The fourth-order valence-electron chi connectivity index (χ4n) is 1.77. The molecule has 0 bridgehead atoms. The van der Waals surface area contributed by atoms with Crippen LogP contribution in [0.15, 0.2) is 24.7 Å². The van der Waals surface area contributed by atoms with E-state index >= 15 is 0 Å². The van der Waals surface area contributed by atoms with Crippen molar-refractivity contribution in [2.75, 3.05) is 6.54 Å². The Morgan fingerprint density at radius 3 is 3.17 bits per heavy atom. The van der Waals surface area contributed by atoms with E-state index in [0.717, 1.165) is 0 Å². The first-order valence-electron chi connectivity index (χ1n) is 5.57. The van der Waals surface area contributed by atoms with Gasteiger partial charge in [0.25, 0.3) is 5.91 Å². The van der Waals surface area contributed by atoms with Gasteiger partial charge >= 0.3 is 0 Å². The van der Waals surface area contributed by atoms with Crippen LogP contribution in [0.25, 0.3) is 0 Å². The number of amides is 1. The lowest BCUT2D eigenvalue weighted by atomic mass is 10.3. The molecule has 0 aliphatic carbocycles. The van der Waals surface area contributed by atoms with Gasteiger partial charge in [-0.1, -0.05) is 0 Å². The fraction of sp³-hybridized carbons (Fsp3) is 0.273. The van der Waals surface area contributed by atoms with Gasteiger partial charge in [0, 0.05) is 18.9 Å². The van der Waals surface area contributed by atoms with Gasteiger partial charge in [0.1, 0.15) is 18.0 Å². The molecule has 0 saturated heterocycles. The van der Waals surface area contributed by atoms with Gasteiger partial charge in [-0.05, 0) is 6.07 Å². The minimum absolute atomic E-state index is 0.0977. The second kappa shape index (κ2) is 4.44. The quantitative estimate of drug-likeness (QED) is 0.822. The highest BCUT2D eigenvalue weighted by Gasteiger charge is 2.19. The summed E-state index contributed by atoms with van der Waals surface area (Å²) in [5, 5.41) is 7.06. The number of aromatic nitrogens is 4. The van der Waals surface area contributed by atoms with Gasteiger partial charge in [0.05, 0.1) is 12.7 Å². The Morgan fingerprint density at radius 2 is 2.39 bits per heavy atom. The number of carbonyl (C=O) groups excluding carboxylic acids is 1. The Morgan fingerprint density at radius 1 is 1.44 bits per heavy atom. The van der Waals surface area contributed by atoms with E-state index in [0.29, 0.717) is 30.4 Å². The van der Waals surface area contributed by atoms with Gasteiger partial charge in [-0.15, -0.1) is 0 Å². The minimum Gasteiger partial charge on any atom is -0.470 e. The molecule has 3 rings (SSSR count). The predicted octanol–water partition coefficient (Wildman–Crippen LogP) is -0.00450. The zero-order valence-electron chi connectivity index (χ0n) is 9.54. The molecule has 92 valence electrons. The Labute approximate surface area is 103 Å². The van der Waals surface area contributed by atoms with E-state index in [1.165, 1.54) is 6.20 Å². The number of hydrogen-bond acceptors (Lipinski definition) is 5. The monoisotopic (exact) mass is 245 g/mol. The highest BCUT2D eigenvalue weighted by atomic mass is 16.5. The van der Waals surface area contributed by atoms with Crippen molar-refractivity contribution in [1.82, 2.24) is 25.1 Å². The van der Waals surface area contributed by atoms with E-state index in [4.69, 9.17) is 4.74 Å². The summed E-state index contributed by atoms with van der Waals surface area (Å²) in [6.07, 6.45) is 4.66. The van der Waals surface area contributed by atoms with E-state index in [1.807, 2.05) is 0 Å². The molecule has 7 heteroatoms. The van der Waals surface area contributed by atoms with Crippen LogP contribution < -0.4 is 10.1 Å². The van der Waals surface area contributed by atoms with E-state index in [9.17, 15) is 4.79 Å². The largest absolute Gasteiger partial charge is 0.470 e. The standard InChI is InChI=1S/C11H11N5O2/c17-11-9-5-8(15-16(9)4-3-14-11)7-18-10-6-12-1-2-13-10/h1-2,5-6H,3-4,7H2,(H,14,17). The Balaban J connectivity index is 1.72. The van der Waals surface area contributed by atoms with Crippen molar-refractivity contribution in [3.05, 3.63) is 36.0 Å². The molecule has 0 aromatic carbocycles. The van der Waals surface area contributed by atoms with Crippen LogP contribution in [0.3, 0.4) is 0 Å². The van der Waals surface area contributed by atoms with Crippen LogP contribution in [0.1, 0.15) is 16.2 Å². The van der Waals surface area contributed by atoms with Gasteiger partial charge in [-0.3, -0.25) is 14.5 Å². The molecule has 0 radical (unpaired) electrons. The summed E-state index contributed by atoms with van der Waals surface area (Å²) in [7, 11) is 0. The fourth-order valence-corrected chi connectivity index (χ4v) is 1.77. The average Bonchev–Trinajstić information content (AvgIpc) is 2.82. The first-order chi connectivity index (χ1) is 8.83. The van der Waals surface area contributed by atoms with Gasteiger partial charge in [0.2, 0.25) is 5.88 Å². The second-order valence-corrected chi connectivity index (χ2v) is 3.83. The molecule has 1 aliphatic heterocycles. The number of carbonyl (C=O) groups is 1. The summed E-state index contributed by atoms with van der Waals surface area (Å²) in [6.45, 7) is 1.57. The first kappa shape index (κ1) is 10.7. The third-order valence-electron chi connectivity index (χ3n) is 2.58. The summed E-state index contributed by atoms with van der Waals surface area (Å²) in [5.41, 5.74) is 1.27. The predicted molar refractivity (Wildman–Crippen MR) is 60.9 cm³/mol. The second-order valence-electron chi connectivity index (χ2n) is 3.83. The smallest absolute Gasteiger partial charge is 0.269 e. The minimum atomic E-state index is -0.0977. The van der Waals surface area contributed by atoms with Crippen LogP contribution >= 0.6 is 0 Å². The van der Waals surface area contributed by atoms with Gasteiger partial charge in [0.15, 0.2) is 0 Å². The molecule has 0 spiro atoms. The zero-order valence-corrected chi connectivity index (χ0v) is 9.54. The molecule has 7 nitrogen and oxygen atoms in total. The van der Waals surface area contributed by atoms with Crippen LogP contribution in [-0.2, 0) is 13.2 Å². The topological polar surface area (TPSA) is 81.9 Å². The molecule has 0 unspecified atom stereocenters. The summed E-state index contributed by atoms with van der Waals surface area (Å²) in [6, 6.07) is 1.73. The maximum Gasteiger partial charge on any atom is 0.269 e. The molecular formula is C11H11N5O2. The normalized spacial score (nSPS) is 13.9. The Hall–Kier alpha value is -2.44. The number of ether oxygens (including phenoxy) is 1. The van der Waals surface area contributed by atoms with Crippen LogP contribution in [0.4, 0.5) is 0 Å². The maximum absolute atomic E-state index is 11.5. The molecule has 0 fully saturated rings. The SMILES string of the molecule is O=C1NCCn2nc(COc3cnccn3)cc21. The Bertz CT molecular complexity index is 566. The summed E-state index contributed by atoms with van der Waals surface area (Å²) in [5.74, 6) is 0.340. The van der Waals surface area contributed by atoms with Gasteiger partial charge < -0.3 is 10.1 Å². The molecule has 2 aromatic heterocycles. The summed E-state index contributed by atoms with van der Waals surface area (Å²) >= 11 is 0. The van der Waals surface area contributed by atoms with Crippen molar-refractivity contribution in [2.24, 2.45) is 0 Å². The lowest BCUT2D eigenvalue weighted by Crippen LogP contribution is -2.35. The number of rotatable bonds is 3. The van der Waals surface area contributed by atoms with Crippen molar-refractivity contribution < 1.29 is 9.53 Å². The summed E-state index contributed by atoms with van der Waals surface area (Å²) in [4.78, 5) is 19.4. The third kappa shape index (κ3) is 2.02. The molecule has 0 saturated carbocycles. The number of nitrogens with zero attached hydrogens (tertiary/aromatic N) is 4. The summed E-state index contributed by atoms with van der Waals surface area (Å²) < 4.78 is 7.11. The molecule has 3 heterocycles. The van der Waals surface area contributed by atoms with Crippen LogP contribution in [0.2, 0.25) is 0 Å². The van der Waals surface area contributed by atoms with Crippen molar-refractivity contribution >= 4 is 5.91 Å². The van der Waals surface area contributed by atoms with Crippen LogP contribution in [0.5, 0.6) is 5.88 Å². The zero-order chi connectivity index (χ0) is 12.4. The highest BCUT2D eigenvalue weighted by Crippen LogP contribution is 2.10. The van der Waals surface area contributed by atoms with Gasteiger partial charge in [-0.25, -0.2) is 4.98 Å². The molecule has 0 atom stereocenters. The maximum atomic E-state index is 11.5. The molecule has 2 aromatic rings. The van der Waals surface area contributed by atoms with Crippen LogP contribution in [0, 0.1) is 0 Å². The van der Waals surface area contributed by atoms with E-state index in [-0.39, 0.29) is 12.5 Å². The molecule has 1 aliphatic rings. The van der Waals surface area contributed by atoms with E-state index in [2.05, 4.69) is 20.4 Å². The van der Waals surface area contributed by atoms with Crippen molar-refractivity contribution in [2.45, 2.75) is 13.2 Å². The highest BCUT2D eigenvalue weighted by molar-refractivity contribution is 5.93. The lowest BCUT2D eigenvalue weighted by Gasteiger charge is -2.13. The van der Waals surface area contributed by atoms with E-state index < -0.39 is 0 Å². The number of hydrogen-bond donors (Lipinski definition) is 1. The number of nitrogens with one attached hydrogen (secondary N) is 1. The van der Waals surface area contributed by atoms with Crippen molar-refractivity contribution in [1.29, 1.82) is 0 Å². The first-order valence-corrected chi connectivity index (χ1v) is 5.57.